The summed E-state index contributed by atoms with van der Waals surface area (Å²) in [5.41, 5.74) is 6.07. The molecule has 1 aliphatic rings. The molecule has 1 aliphatic heterocycles. The number of hydrogen-bond donors (Lipinski definition) is 2. The number of benzene rings is 1. The molecule has 21 heavy (non-hydrogen) atoms. The molecule has 1 aromatic rings. The van der Waals surface area contributed by atoms with Crippen LogP contribution in [0.4, 0.5) is 15.8 Å². The maximum Gasteiger partial charge on any atom is 0.167 e. The third kappa shape index (κ3) is 3.77. The van der Waals surface area contributed by atoms with Gasteiger partial charge in [-0.2, -0.15) is 0 Å². The number of nitrogen functional groups attached to an aromatic ring is 1. The number of aliphatic hydroxyl groups is 1. The van der Waals surface area contributed by atoms with Gasteiger partial charge in [0.05, 0.1) is 23.6 Å². The van der Waals surface area contributed by atoms with Crippen molar-refractivity contribution in [2.75, 3.05) is 44.0 Å². The second-order valence-electron chi connectivity index (χ2n) is 5.47. The Hall–Kier alpha value is -1.53. The van der Waals surface area contributed by atoms with Crippen molar-refractivity contribution in [3.05, 3.63) is 17.9 Å². The maximum absolute atomic E-state index is 13.7. The Morgan fingerprint density at radius 1 is 1.43 bits per heavy atom. The largest absolute Gasteiger partial charge is 0.491 e. The second kappa shape index (κ2) is 6.49. The summed E-state index contributed by atoms with van der Waals surface area (Å²) >= 11 is 0. The number of hydrogen-bond acceptors (Lipinski definition) is 5. The van der Waals surface area contributed by atoms with E-state index in [4.69, 9.17) is 15.2 Å². The summed E-state index contributed by atoms with van der Waals surface area (Å²) in [6, 6.07) is 2.84. The van der Waals surface area contributed by atoms with E-state index in [-0.39, 0.29) is 5.75 Å². The first-order chi connectivity index (χ1) is 9.95. The van der Waals surface area contributed by atoms with Gasteiger partial charge in [-0.15, -0.1) is 0 Å². The van der Waals surface area contributed by atoms with Crippen molar-refractivity contribution in [3.63, 3.8) is 0 Å². The van der Waals surface area contributed by atoms with Crippen molar-refractivity contribution in [1.29, 1.82) is 0 Å². The summed E-state index contributed by atoms with van der Waals surface area (Å²) in [5, 5.41) is 10.6. The molecule has 1 saturated heterocycles. The summed E-state index contributed by atoms with van der Waals surface area (Å²) in [6.45, 7) is 3.69. The van der Waals surface area contributed by atoms with Gasteiger partial charge >= 0.3 is 0 Å². The minimum Gasteiger partial charge on any atom is -0.491 e. The lowest BCUT2D eigenvalue weighted by Crippen LogP contribution is -2.45. The Kier molecular flexibility index (Phi) is 4.90. The van der Waals surface area contributed by atoms with Gasteiger partial charge in [-0.25, -0.2) is 4.39 Å². The van der Waals surface area contributed by atoms with E-state index in [1.54, 1.807) is 13.0 Å². The molecule has 0 aromatic heterocycles. The molecule has 2 rings (SSSR count). The normalized spacial score (nSPS) is 17.5. The van der Waals surface area contributed by atoms with Crippen LogP contribution >= 0.6 is 0 Å². The van der Waals surface area contributed by atoms with Crippen molar-refractivity contribution in [2.45, 2.75) is 25.4 Å². The monoisotopic (exact) mass is 298 g/mol. The fourth-order valence-electron chi connectivity index (χ4n) is 2.59. The fraction of sp³-hybridized carbons (Fsp3) is 0.600. The molecule has 1 heterocycles. The zero-order valence-corrected chi connectivity index (χ0v) is 12.6. The molecule has 0 bridgehead atoms. The standard InChI is InChI=1S/C15H23FN2O3/c1-3-21-14-9-13(12(17)8-11(14)16)18(2)10-15(19)4-6-20-7-5-15/h8-9,19H,3-7,10,17H2,1-2H3. The van der Waals surface area contributed by atoms with Gasteiger partial charge in [0.15, 0.2) is 11.6 Å². The highest BCUT2D eigenvalue weighted by Gasteiger charge is 2.31. The molecule has 0 atom stereocenters. The molecule has 0 unspecified atom stereocenters. The van der Waals surface area contributed by atoms with Gasteiger partial charge in [0, 0.05) is 51.8 Å². The van der Waals surface area contributed by atoms with E-state index in [0.29, 0.717) is 50.6 Å². The number of nitrogens with two attached hydrogens (primary N) is 1. The Morgan fingerprint density at radius 3 is 2.71 bits per heavy atom. The number of nitrogens with zero attached hydrogens (tertiary/aromatic N) is 1. The summed E-state index contributed by atoms with van der Waals surface area (Å²) in [5.74, 6) is -0.302. The average molecular weight is 298 g/mol. The molecule has 1 fully saturated rings. The van der Waals surface area contributed by atoms with Crippen LogP contribution in [0.15, 0.2) is 12.1 Å². The van der Waals surface area contributed by atoms with Crippen LogP contribution in [0.5, 0.6) is 5.75 Å². The van der Waals surface area contributed by atoms with E-state index in [2.05, 4.69) is 0 Å². The number of likely N-dealkylation sites (N-methyl/N-ethyl adjacent to an activating group) is 1. The van der Waals surface area contributed by atoms with Crippen molar-refractivity contribution in [2.24, 2.45) is 0 Å². The Morgan fingerprint density at radius 2 is 2.10 bits per heavy atom. The quantitative estimate of drug-likeness (QED) is 0.811. The summed E-state index contributed by atoms with van der Waals surface area (Å²) in [7, 11) is 1.83. The van der Waals surface area contributed by atoms with Gasteiger partial charge in [-0.3, -0.25) is 0 Å². The van der Waals surface area contributed by atoms with Crippen molar-refractivity contribution in [3.8, 4) is 5.75 Å². The van der Waals surface area contributed by atoms with Crippen LogP contribution in [0.1, 0.15) is 19.8 Å². The van der Waals surface area contributed by atoms with Crippen LogP contribution in [0.25, 0.3) is 0 Å². The average Bonchev–Trinajstić information content (AvgIpc) is 2.42. The van der Waals surface area contributed by atoms with E-state index in [1.807, 2.05) is 11.9 Å². The molecule has 6 heteroatoms. The number of ether oxygens (including phenoxy) is 2. The molecule has 1 aromatic carbocycles. The maximum atomic E-state index is 13.7. The van der Waals surface area contributed by atoms with Crippen molar-refractivity contribution >= 4 is 11.4 Å². The molecule has 3 N–H and O–H groups in total. The van der Waals surface area contributed by atoms with E-state index in [1.165, 1.54) is 6.07 Å². The Labute approximate surface area is 124 Å². The summed E-state index contributed by atoms with van der Waals surface area (Å²) < 4.78 is 24.3. The molecule has 0 amide bonds. The topological polar surface area (TPSA) is 68.0 Å². The minimum absolute atomic E-state index is 0.174. The fourth-order valence-corrected chi connectivity index (χ4v) is 2.59. The van der Waals surface area contributed by atoms with Crippen LogP contribution in [0.2, 0.25) is 0 Å². The van der Waals surface area contributed by atoms with Crippen LogP contribution in [0, 0.1) is 5.82 Å². The highest BCUT2D eigenvalue weighted by Crippen LogP contribution is 2.32. The molecule has 5 nitrogen and oxygen atoms in total. The Balaban J connectivity index is 2.17. The molecular weight excluding hydrogens is 275 g/mol. The highest BCUT2D eigenvalue weighted by atomic mass is 19.1. The first-order valence-corrected chi connectivity index (χ1v) is 7.18. The summed E-state index contributed by atoms with van der Waals surface area (Å²) in [6.07, 6.45) is 1.16. The van der Waals surface area contributed by atoms with Gasteiger partial charge < -0.3 is 25.2 Å². The third-order valence-corrected chi connectivity index (χ3v) is 3.75. The molecule has 0 radical (unpaired) electrons. The second-order valence-corrected chi connectivity index (χ2v) is 5.47. The van der Waals surface area contributed by atoms with Gasteiger partial charge in [0.2, 0.25) is 0 Å². The molecule has 118 valence electrons. The van der Waals surface area contributed by atoms with Crippen LogP contribution in [-0.2, 0) is 4.74 Å². The first-order valence-electron chi connectivity index (χ1n) is 7.18. The lowest BCUT2D eigenvalue weighted by molar-refractivity contribution is -0.0572. The molecular formula is C15H23FN2O3. The zero-order chi connectivity index (χ0) is 15.5. The molecule has 0 aliphatic carbocycles. The van der Waals surface area contributed by atoms with Crippen molar-refractivity contribution in [1.82, 2.24) is 0 Å². The van der Waals surface area contributed by atoms with E-state index < -0.39 is 11.4 Å². The highest BCUT2D eigenvalue weighted by molar-refractivity contribution is 5.69. The van der Waals surface area contributed by atoms with Crippen LogP contribution in [0.3, 0.4) is 0 Å². The third-order valence-electron chi connectivity index (χ3n) is 3.75. The number of rotatable bonds is 5. The van der Waals surface area contributed by atoms with E-state index >= 15 is 0 Å². The molecule has 0 spiro atoms. The predicted octanol–water partition coefficient (Wildman–Crippen LogP) is 1.78. The van der Waals surface area contributed by atoms with E-state index in [9.17, 15) is 9.50 Å². The van der Waals surface area contributed by atoms with Gasteiger partial charge in [-0.1, -0.05) is 0 Å². The van der Waals surface area contributed by atoms with Crippen LogP contribution < -0.4 is 15.4 Å². The minimum atomic E-state index is -0.806. The molecule has 0 saturated carbocycles. The van der Waals surface area contributed by atoms with Gasteiger partial charge in [-0.05, 0) is 6.92 Å². The first kappa shape index (κ1) is 15.9. The number of halogens is 1. The van der Waals surface area contributed by atoms with Gasteiger partial charge in [0.25, 0.3) is 0 Å². The Bertz CT molecular complexity index is 490. The summed E-state index contributed by atoms with van der Waals surface area (Å²) in [4.78, 5) is 1.84. The van der Waals surface area contributed by atoms with Gasteiger partial charge in [0.1, 0.15) is 0 Å². The van der Waals surface area contributed by atoms with E-state index in [0.717, 1.165) is 0 Å². The van der Waals surface area contributed by atoms with Crippen molar-refractivity contribution < 1.29 is 19.0 Å². The zero-order valence-electron chi connectivity index (χ0n) is 12.6. The SMILES string of the molecule is CCOc1cc(N(C)CC2(O)CCOCC2)c(N)cc1F. The number of anilines is 2. The predicted molar refractivity (Wildman–Crippen MR) is 80.3 cm³/mol. The lowest BCUT2D eigenvalue weighted by atomic mass is 9.93. The van der Waals surface area contributed by atoms with Crippen LogP contribution in [-0.4, -0.2) is 44.1 Å². The lowest BCUT2D eigenvalue weighted by Gasteiger charge is -2.36. The smallest absolute Gasteiger partial charge is 0.167 e.